The number of nitrogens with one attached hydrogen (secondary N) is 1. The molecule has 3 rings (SSSR count). The predicted molar refractivity (Wildman–Crippen MR) is 114 cm³/mol. The number of allylic oxidation sites excluding steroid dienone is 3. The van der Waals surface area contributed by atoms with Crippen molar-refractivity contribution in [1.29, 1.82) is 0 Å². The molecule has 1 aliphatic heterocycles. The second kappa shape index (κ2) is 9.33. The standard InChI is InChI=1S/C23H26N2O7/c1-5-10-32-23(28)18-13(3)24-15-11-12(2)17(22(27)31-4)21(26)20(15)19(18)14-8-6-7-9-16(14)25(29)30/h6-9,12,17,19,24H,5,10-11H2,1-4H3/t12-,17+,19+/m0/s1. The summed E-state index contributed by atoms with van der Waals surface area (Å²) >= 11 is 0. The van der Waals surface area contributed by atoms with Crippen LogP contribution in [0.4, 0.5) is 5.69 Å². The first-order chi connectivity index (χ1) is 15.2. The minimum atomic E-state index is -1.06. The summed E-state index contributed by atoms with van der Waals surface area (Å²) in [6.07, 6.45) is 0.947. The molecule has 0 aromatic heterocycles. The molecule has 1 aromatic rings. The average Bonchev–Trinajstić information content (AvgIpc) is 2.76. The van der Waals surface area contributed by atoms with E-state index in [1.165, 1.54) is 25.3 Å². The first kappa shape index (κ1) is 23.2. The molecule has 0 radical (unpaired) electrons. The van der Waals surface area contributed by atoms with E-state index in [4.69, 9.17) is 9.47 Å². The highest BCUT2D eigenvalue weighted by Crippen LogP contribution is 2.47. The second-order valence-electron chi connectivity index (χ2n) is 7.99. The van der Waals surface area contributed by atoms with Crippen LogP contribution in [-0.2, 0) is 23.9 Å². The van der Waals surface area contributed by atoms with Gasteiger partial charge in [0, 0.05) is 28.6 Å². The van der Waals surface area contributed by atoms with Gasteiger partial charge < -0.3 is 14.8 Å². The second-order valence-corrected chi connectivity index (χ2v) is 7.99. The number of hydrogen-bond acceptors (Lipinski definition) is 8. The largest absolute Gasteiger partial charge is 0.468 e. The van der Waals surface area contributed by atoms with Crippen LogP contribution in [0, 0.1) is 22.0 Å². The van der Waals surface area contributed by atoms with Gasteiger partial charge in [-0.15, -0.1) is 0 Å². The van der Waals surface area contributed by atoms with Gasteiger partial charge in [0.25, 0.3) is 5.69 Å². The first-order valence-corrected chi connectivity index (χ1v) is 10.5. The number of carbonyl (C=O) groups is 3. The summed E-state index contributed by atoms with van der Waals surface area (Å²) in [4.78, 5) is 50.3. The normalized spacial score (nSPS) is 22.8. The highest BCUT2D eigenvalue weighted by atomic mass is 16.6. The Bertz CT molecular complexity index is 1040. The number of carbonyl (C=O) groups excluding carboxylic acids is 3. The molecule has 1 heterocycles. The molecular weight excluding hydrogens is 416 g/mol. The van der Waals surface area contributed by atoms with E-state index in [9.17, 15) is 24.5 Å². The Labute approximate surface area is 185 Å². The minimum Gasteiger partial charge on any atom is -0.468 e. The van der Waals surface area contributed by atoms with Crippen LogP contribution in [0.1, 0.15) is 45.1 Å². The van der Waals surface area contributed by atoms with Crippen LogP contribution in [0.5, 0.6) is 0 Å². The zero-order chi connectivity index (χ0) is 23.6. The van der Waals surface area contributed by atoms with Crippen molar-refractivity contribution in [1.82, 2.24) is 5.32 Å². The van der Waals surface area contributed by atoms with Crippen molar-refractivity contribution in [2.75, 3.05) is 13.7 Å². The number of nitro benzene ring substituents is 1. The number of ketones is 1. The van der Waals surface area contributed by atoms with E-state index in [0.29, 0.717) is 24.2 Å². The lowest BCUT2D eigenvalue weighted by molar-refractivity contribution is -0.385. The molecule has 3 atom stereocenters. The van der Waals surface area contributed by atoms with Crippen molar-refractivity contribution >= 4 is 23.4 Å². The Kier molecular flexibility index (Phi) is 6.76. The van der Waals surface area contributed by atoms with Crippen molar-refractivity contribution in [2.45, 2.75) is 39.5 Å². The number of hydrogen-bond donors (Lipinski definition) is 1. The maximum atomic E-state index is 13.6. The Hall–Kier alpha value is -3.49. The third-order valence-corrected chi connectivity index (χ3v) is 5.84. The summed E-state index contributed by atoms with van der Waals surface area (Å²) in [7, 11) is 1.21. The van der Waals surface area contributed by atoms with Gasteiger partial charge in [-0.25, -0.2) is 4.79 Å². The zero-order valence-electron chi connectivity index (χ0n) is 18.5. The van der Waals surface area contributed by atoms with Gasteiger partial charge in [-0.2, -0.15) is 0 Å². The van der Waals surface area contributed by atoms with Crippen LogP contribution in [0.2, 0.25) is 0 Å². The lowest BCUT2D eigenvalue weighted by Gasteiger charge is -2.38. The van der Waals surface area contributed by atoms with E-state index >= 15 is 0 Å². The van der Waals surface area contributed by atoms with Crippen molar-refractivity contribution in [2.24, 2.45) is 11.8 Å². The number of ether oxygens (including phenoxy) is 2. The quantitative estimate of drug-likeness (QED) is 0.308. The molecule has 0 saturated heterocycles. The van der Waals surface area contributed by atoms with Gasteiger partial charge in [0.1, 0.15) is 5.92 Å². The van der Waals surface area contributed by atoms with Crippen molar-refractivity contribution < 1.29 is 28.8 Å². The van der Waals surface area contributed by atoms with Gasteiger partial charge in [-0.05, 0) is 25.7 Å². The number of nitrogens with zero attached hydrogens (tertiary/aromatic N) is 1. The van der Waals surface area contributed by atoms with Gasteiger partial charge >= 0.3 is 11.9 Å². The van der Waals surface area contributed by atoms with E-state index in [1.807, 2.05) is 6.92 Å². The monoisotopic (exact) mass is 442 g/mol. The minimum absolute atomic E-state index is 0.123. The Balaban J connectivity index is 2.24. The van der Waals surface area contributed by atoms with Crippen molar-refractivity contribution in [3.05, 3.63) is 62.5 Å². The molecule has 1 aromatic carbocycles. The molecule has 0 bridgehead atoms. The number of methoxy groups -OCH3 is 1. The molecule has 1 aliphatic carbocycles. The maximum Gasteiger partial charge on any atom is 0.336 e. The molecule has 9 nitrogen and oxygen atoms in total. The number of dihydropyridines is 1. The molecule has 0 spiro atoms. The molecule has 2 aliphatic rings. The highest BCUT2D eigenvalue weighted by Gasteiger charge is 2.48. The van der Waals surface area contributed by atoms with Gasteiger partial charge in [0.05, 0.1) is 30.1 Å². The molecule has 0 amide bonds. The molecule has 0 unspecified atom stereocenters. The fraction of sp³-hybridized carbons (Fsp3) is 0.435. The molecular formula is C23H26N2O7. The fourth-order valence-corrected chi connectivity index (χ4v) is 4.43. The molecule has 0 fully saturated rings. The zero-order valence-corrected chi connectivity index (χ0v) is 18.5. The summed E-state index contributed by atoms with van der Waals surface area (Å²) in [5.74, 6) is -4.27. The molecule has 32 heavy (non-hydrogen) atoms. The first-order valence-electron chi connectivity index (χ1n) is 10.5. The van der Waals surface area contributed by atoms with E-state index in [2.05, 4.69) is 5.32 Å². The Morgan fingerprint density at radius 3 is 2.59 bits per heavy atom. The van der Waals surface area contributed by atoms with E-state index in [1.54, 1.807) is 19.9 Å². The van der Waals surface area contributed by atoms with Crippen LogP contribution in [0.25, 0.3) is 0 Å². The fourth-order valence-electron chi connectivity index (χ4n) is 4.43. The number of rotatable bonds is 6. The highest BCUT2D eigenvalue weighted by molar-refractivity contribution is 6.12. The molecule has 9 heteroatoms. The SMILES string of the molecule is CCCOC(=O)C1=C(C)NC2=C(C(=O)[C@H](C(=O)OC)[C@@H](C)C2)[C@@H]1c1ccccc1[N+](=O)[O-]. The Morgan fingerprint density at radius 2 is 1.97 bits per heavy atom. The topological polar surface area (TPSA) is 125 Å². The van der Waals surface area contributed by atoms with Crippen molar-refractivity contribution in [3.8, 4) is 0 Å². The maximum absolute atomic E-state index is 13.6. The van der Waals surface area contributed by atoms with E-state index in [0.717, 1.165) is 0 Å². The lowest BCUT2D eigenvalue weighted by atomic mass is 9.69. The van der Waals surface area contributed by atoms with Crippen LogP contribution >= 0.6 is 0 Å². The van der Waals surface area contributed by atoms with Crippen LogP contribution < -0.4 is 5.32 Å². The predicted octanol–water partition coefficient (Wildman–Crippen LogP) is 3.16. The molecule has 170 valence electrons. The van der Waals surface area contributed by atoms with E-state index < -0.39 is 34.5 Å². The summed E-state index contributed by atoms with van der Waals surface area (Å²) in [6.45, 7) is 5.46. The lowest BCUT2D eigenvalue weighted by Crippen LogP contribution is -2.43. The third kappa shape index (κ3) is 4.02. The number of esters is 2. The summed E-state index contributed by atoms with van der Waals surface area (Å²) in [5, 5.41) is 14.9. The smallest absolute Gasteiger partial charge is 0.336 e. The Morgan fingerprint density at radius 1 is 1.28 bits per heavy atom. The summed E-state index contributed by atoms with van der Waals surface area (Å²) < 4.78 is 10.2. The number of benzene rings is 1. The van der Waals surface area contributed by atoms with Crippen LogP contribution in [-0.4, -0.2) is 36.4 Å². The van der Waals surface area contributed by atoms with Crippen molar-refractivity contribution in [3.63, 3.8) is 0 Å². The number of para-hydroxylation sites is 1. The average molecular weight is 442 g/mol. The number of nitro groups is 1. The third-order valence-electron chi connectivity index (χ3n) is 5.84. The molecule has 1 N–H and O–H groups in total. The number of Topliss-reactive ketones (excluding diaryl/α,β-unsaturated/α-hetero) is 1. The summed E-state index contributed by atoms with van der Waals surface area (Å²) in [5.41, 5.74) is 1.28. The van der Waals surface area contributed by atoms with E-state index in [-0.39, 0.29) is 34.9 Å². The van der Waals surface area contributed by atoms with Gasteiger partial charge in [-0.1, -0.05) is 32.0 Å². The van der Waals surface area contributed by atoms with Gasteiger partial charge in [0.15, 0.2) is 5.78 Å². The summed E-state index contributed by atoms with van der Waals surface area (Å²) in [6, 6.07) is 5.99. The van der Waals surface area contributed by atoms with Gasteiger partial charge in [-0.3, -0.25) is 19.7 Å². The molecule has 0 saturated carbocycles. The van der Waals surface area contributed by atoms with Crippen LogP contribution in [0.15, 0.2) is 46.8 Å². The van der Waals surface area contributed by atoms with Gasteiger partial charge in [0.2, 0.25) is 0 Å². The van der Waals surface area contributed by atoms with Crippen LogP contribution in [0.3, 0.4) is 0 Å².